The summed E-state index contributed by atoms with van der Waals surface area (Å²) >= 11 is 8.73. The summed E-state index contributed by atoms with van der Waals surface area (Å²) in [5.74, 6) is 0. The van der Waals surface area contributed by atoms with Crippen LogP contribution in [0.2, 0.25) is 0 Å². The quantitative estimate of drug-likeness (QED) is 0.581. The zero-order chi connectivity index (χ0) is 15.0. The van der Waals surface area contributed by atoms with Gasteiger partial charge < -0.3 is 15.9 Å². The summed E-state index contributed by atoms with van der Waals surface area (Å²) in [6, 6.07) is 19.1. The van der Waals surface area contributed by atoms with Crippen LogP contribution in [-0.2, 0) is 0 Å². The van der Waals surface area contributed by atoms with Gasteiger partial charge in [-0.15, -0.1) is 0 Å². The molecule has 0 atom stereocenters. The number of rotatable bonds is 2. The van der Waals surface area contributed by atoms with E-state index < -0.39 is 5.17 Å². The summed E-state index contributed by atoms with van der Waals surface area (Å²) in [7, 11) is 0. The van der Waals surface area contributed by atoms with Crippen LogP contribution >= 0.6 is 24.4 Å². The third-order valence-corrected chi connectivity index (χ3v) is 2.40. The van der Waals surface area contributed by atoms with Gasteiger partial charge in [-0.2, -0.15) is 0 Å². The van der Waals surface area contributed by atoms with Gasteiger partial charge in [0.1, 0.15) is 0 Å². The molecule has 0 heterocycles. The zero-order valence-corrected chi connectivity index (χ0v) is 12.1. The van der Waals surface area contributed by atoms with Gasteiger partial charge in [0.15, 0.2) is 0 Å². The van der Waals surface area contributed by atoms with E-state index in [2.05, 4.69) is 18.0 Å². The third-order valence-electron chi connectivity index (χ3n) is 2.22. The molecule has 0 aromatic heterocycles. The molecule has 7 heteroatoms. The Labute approximate surface area is 156 Å². The Morgan fingerprint density at radius 3 is 1.33 bits per heavy atom. The molecular weight excluding hydrogens is 315 g/mol. The fourth-order valence-electron chi connectivity index (χ4n) is 1.52. The second-order valence-corrected chi connectivity index (χ2v) is 4.41. The van der Waals surface area contributed by atoms with Crippen LogP contribution < -0.4 is 10.6 Å². The molecule has 0 aliphatic heterocycles. The van der Waals surface area contributed by atoms with Crippen LogP contribution in [-0.4, -0.2) is 50.1 Å². The fraction of sp³-hybridized carbons (Fsp3) is 0. The Morgan fingerprint density at radius 1 is 0.810 bits per heavy atom. The average Bonchev–Trinajstić information content (AvgIpc) is 2.40. The van der Waals surface area contributed by atoms with Gasteiger partial charge in [0.05, 0.1) is 0 Å². The summed E-state index contributed by atoms with van der Waals surface area (Å²) in [6.07, 6.45) is 0. The number of aliphatic hydroxyl groups excluding tert-OH is 2. The van der Waals surface area contributed by atoms with Gasteiger partial charge in [-0.25, -0.2) is 0 Å². The Bertz CT molecular complexity index is 524. The molecule has 2 aromatic rings. The van der Waals surface area contributed by atoms with E-state index in [1.807, 2.05) is 60.7 Å². The molecule has 0 saturated heterocycles. The third kappa shape index (κ3) is 7.40. The van der Waals surface area contributed by atoms with Crippen molar-refractivity contribution in [3.05, 3.63) is 60.7 Å². The van der Waals surface area contributed by atoms with Crippen molar-refractivity contribution in [1.29, 1.82) is 0 Å². The number of thiocarbonyl (C=S) groups is 2. The molecule has 0 saturated carbocycles. The van der Waals surface area contributed by atoms with Crippen molar-refractivity contribution in [3.8, 4) is 0 Å². The van der Waals surface area contributed by atoms with Gasteiger partial charge >= 0.3 is 29.6 Å². The van der Waals surface area contributed by atoms with Crippen LogP contribution in [0.5, 0.6) is 0 Å². The van der Waals surface area contributed by atoms with Gasteiger partial charge in [-0.05, 0) is 48.7 Å². The van der Waals surface area contributed by atoms with E-state index in [-0.39, 0.29) is 34.7 Å². The summed E-state index contributed by atoms with van der Waals surface area (Å²) in [4.78, 5) is 1.62. The molecule has 0 aliphatic carbocycles. The second-order valence-electron chi connectivity index (χ2n) is 3.63. The topological polar surface area (TPSA) is 69.7 Å². The molecule has 106 valence electrons. The first-order chi connectivity index (χ1) is 9.52. The Kier molecular flexibility index (Phi) is 9.94. The van der Waals surface area contributed by atoms with Crippen LogP contribution in [0.3, 0.4) is 0 Å². The maximum atomic E-state index is 9.58. The number of hydrogen-bond acceptors (Lipinski definition) is 2. The molecular formula is C14H15N2NaO2S2. The first-order valence-electron chi connectivity index (χ1n) is 5.64. The number of para-hydroxylation sites is 2. The normalized spacial score (nSPS) is 8.57. The number of nitrogens with zero attached hydrogens (tertiary/aromatic N) is 1. The summed E-state index contributed by atoms with van der Waals surface area (Å²) in [5, 5.41) is 16.5. The van der Waals surface area contributed by atoms with Crippen LogP contribution in [0, 0.1) is 0 Å². The Hall–Kier alpha value is -1.18. The zero-order valence-electron chi connectivity index (χ0n) is 10.5. The van der Waals surface area contributed by atoms with Gasteiger partial charge in [0.2, 0.25) is 0 Å². The molecule has 4 N–H and O–H groups in total. The molecule has 0 aliphatic rings. The van der Waals surface area contributed by atoms with Crippen molar-refractivity contribution < 1.29 is 10.2 Å². The minimum absolute atomic E-state index is 0. The molecule has 0 bridgehead atoms. The molecule has 2 rings (SSSR count). The van der Waals surface area contributed by atoms with Crippen molar-refractivity contribution in [3.63, 3.8) is 0 Å². The molecule has 0 amide bonds. The van der Waals surface area contributed by atoms with Crippen LogP contribution in [0.25, 0.3) is 0 Å². The van der Waals surface area contributed by atoms with Crippen molar-refractivity contribution in [1.82, 2.24) is 0 Å². The van der Waals surface area contributed by atoms with Gasteiger partial charge in [-0.3, -0.25) is 4.90 Å². The van der Waals surface area contributed by atoms with E-state index in [0.717, 1.165) is 11.4 Å². The monoisotopic (exact) mass is 330 g/mol. The van der Waals surface area contributed by atoms with E-state index in [1.54, 1.807) is 4.90 Å². The minimum atomic E-state index is -0.500. The van der Waals surface area contributed by atoms with Crippen LogP contribution in [0.1, 0.15) is 0 Å². The molecule has 0 fully saturated rings. The first-order valence-corrected chi connectivity index (χ1v) is 6.45. The molecule has 0 spiro atoms. The van der Waals surface area contributed by atoms with Gasteiger partial charge in [0.25, 0.3) is 10.3 Å². The van der Waals surface area contributed by atoms with E-state index in [0.29, 0.717) is 0 Å². The number of aliphatic hydroxyl groups is 2. The second kappa shape index (κ2) is 10.5. The Morgan fingerprint density at radius 2 is 1.10 bits per heavy atom. The van der Waals surface area contributed by atoms with Crippen LogP contribution in [0.15, 0.2) is 60.7 Å². The molecule has 0 unspecified atom stereocenters. The fourth-order valence-corrected chi connectivity index (χ4v) is 1.73. The van der Waals surface area contributed by atoms with E-state index in [4.69, 9.17) is 17.3 Å². The van der Waals surface area contributed by atoms with Crippen molar-refractivity contribution in [2.24, 2.45) is 5.73 Å². The number of nitrogens with two attached hydrogens (primary N) is 1. The van der Waals surface area contributed by atoms with Crippen molar-refractivity contribution in [2.75, 3.05) is 4.90 Å². The maximum absolute atomic E-state index is 9.58. The number of hydrogen-bond donors (Lipinski definition) is 3. The number of anilines is 2. The molecule has 0 radical (unpaired) electrons. The van der Waals surface area contributed by atoms with Crippen LogP contribution in [0.4, 0.5) is 11.4 Å². The van der Waals surface area contributed by atoms with Crippen molar-refractivity contribution >= 4 is 75.7 Å². The first kappa shape index (κ1) is 19.8. The summed E-state index contributed by atoms with van der Waals surface area (Å²) in [5.41, 5.74) is 6.09. The summed E-state index contributed by atoms with van der Waals surface area (Å²) < 4.78 is 0. The van der Waals surface area contributed by atoms with Gasteiger partial charge in [0, 0.05) is 11.4 Å². The number of benzene rings is 2. The SMILES string of the molecule is NC(O)=S.OC(=S)N(c1ccccc1)c1ccccc1.[NaH]. The predicted octanol–water partition coefficient (Wildman–Crippen LogP) is 2.81. The standard InChI is InChI=1S/C13H11NOS.CH3NOS.Na.H/c15-13(16)14(11-7-3-1-4-8-11)12-9-5-2-6-10-12;2-1(3)4;;/h1-10H,(H,15,16);(H3,2,3,4);;. The Balaban J connectivity index is 0.000000715. The van der Waals surface area contributed by atoms with E-state index in [1.165, 1.54) is 0 Å². The summed E-state index contributed by atoms with van der Waals surface area (Å²) in [6.45, 7) is 0. The average molecular weight is 330 g/mol. The molecule has 21 heavy (non-hydrogen) atoms. The van der Waals surface area contributed by atoms with E-state index in [9.17, 15) is 5.11 Å². The molecule has 4 nitrogen and oxygen atoms in total. The molecule has 2 aromatic carbocycles. The van der Waals surface area contributed by atoms with Crippen molar-refractivity contribution in [2.45, 2.75) is 0 Å². The van der Waals surface area contributed by atoms with E-state index >= 15 is 0 Å². The predicted molar refractivity (Wildman–Crippen MR) is 96.8 cm³/mol. The van der Waals surface area contributed by atoms with Gasteiger partial charge in [-0.1, -0.05) is 36.4 Å².